The highest BCUT2D eigenvalue weighted by atomic mass is 32.2. The number of nitrogens with zero attached hydrogens (tertiary/aromatic N) is 1. The Balaban J connectivity index is 0.000000441. The summed E-state index contributed by atoms with van der Waals surface area (Å²) < 4.78 is 52.2. The molecule has 1 fully saturated rings. The number of carbonyl (C=O) groups is 1. The van der Waals surface area contributed by atoms with Crippen molar-refractivity contribution in [2.75, 3.05) is 18.8 Å². The van der Waals surface area contributed by atoms with Gasteiger partial charge in [0.2, 0.25) is 5.91 Å². The highest BCUT2D eigenvalue weighted by Crippen LogP contribution is 2.13. The smallest absolute Gasteiger partial charge is 0.271 e. The summed E-state index contributed by atoms with van der Waals surface area (Å²) in [6, 6.07) is 0. The van der Waals surface area contributed by atoms with E-state index in [1.54, 1.807) is 6.92 Å². The Morgan fingerprint density at radius 3 is 2.40 bits per heavy atom. The molecule has 20 heavy (non-hydrogen) atoms. The molecule has 1 atom stereocenters. The van der Waals surface area contributed by atoms with E-state index < -0.39 is 28.6 Å². The molecule has 1 saturated heterocycles. The summed E-state index contributed by atoms with van der Waals surface area (Å²) in [7, 11) is -3.67. The maximum absolute atomic E-state index is 12.3. The zero-order chi connectivity index (χ0) is 15.9. The van der Waals surface area contributed by atoms with Crippen LogP contribution in [0.25, 0.3) is 0 Å². The van der Waals surface area contributed by atoms with Gasteiger partial charge in [0.25, 0.3) is 16.5 Å². The van der Waals surface area contributed by atoms with Gasteiger partial charge in [-0.05, 0) is 13.3 Å². The predicted molar refractivity (Wildman–Crippen MR) is 71.0 cm³/mol. The third kappa shape index (κ3) is 6.92. The van der Waals surface area contributed by atoms with Crippen molar-refractivity contribution in [1.82, 2.24) is 10.2 Å². The van der Waals surface area contributed by atoms with E-state index >= 15 is 0 Å². The van der Waals surface area contributed by atoms with Gasteiger partial charge < -0.3 is 4.90 Å². The minimum Gasteiger partial charge on any atom is -0.316 e. The first-order valence-corrected chi connectivity index (χ1v) is 7.64. The van der Waals surface area contributed by atoms with Crippen LogP contribution in [0.15, 0.2) is 12.2 Å². The fourth-order valence-electron chi connectivity index (χ4n) is 1.54. The molecule has 0 radical (unpaired) electrons. The van der Waals surface area contributed by atoms with Crippen molar-refractivity contribution in [3.8, 4) is 0 Å². The molecule has 0 bridgehead atoms. The van der Waals surface area contributed by atoms with Crippen LogP contribution in [0.5, 0.6) is 0 Å². The first kappa shape index (κ1) is 18.9. The fourth-order valence-corrected chi connectivity index (χ4v) is 2.05. The highest BCUT2D eigenvalue weighted by Gasteiger charge is 2.34. The number of carbonyl (C=O) groups excluding carboxylic acids is 1. The van der Waals surface area contributed by atoms with E-state index in [1.807, 2.05) is 0 Å². The topological polar surface area (TPSA) is 86.7 Å². The van der Waals surface area contributed by atoms with Gasteiger partial charge in [0.05, 0.1) is 5.75 Å². The lowest BCUT2D eigenvalue weighted by Crippen LogP contribution is -2.45. The molecule has 118 valence electrons. The summed E-state index contributed by atoms with van der Waals surface area (Å²) in [6.45, 7) is 7.37. The van der Waals surface area contributed by atoms with E-state index in [-0.39, 0.29) is 11.3 Å². The average Bonchev–Trinajstić information content (AvgIpc) is 2.75. The summed E-state index contributed by atoms with van der Waals surface area (Å²) in [5, 5.41) is 2.56. The van der Waals surface area contributed by atoms with E-state index in [1.165, 1.54) is 6.92 Å². The molecule has 0 saturated carbocycles. The van der Waals surface area contributed by atoms with E-state index in [4.69, 9.17) is 4.55 Å². The van der Waals surface area contributed by atoms with Gasteiger partial charge in [-0.15, -0.1) is 0 Å². The minimum atomic E-state index is -3.67. The van der Waals surface area contributed by atoms with Gasteiger partial charge in [-0.3, -0.25) is 14.7 Å². The molecular weight excluding hydrogens is 294 g/mol. The molecule has 0 spiro atoms. The fraction of sp³-hybridized carbons (Fsp3) is 0.727. The van der Waals surface area contributed by atoms with Crippen LogP contribution in [0.1, 0.15) is 20.3 Å². The molecule has 1 aliphatic heterocycles. The number of nitrogens with one attached hydrogen (secondary N) is 1. The Morgan fingerprint density at radius 2 is 2.10 bits per heavy atom. The third-order valence-corrected chi connectivity index (χ3v) is 3.29. The Morgan fingerprint density at radius 1 is 1.55 bits per heavy atom. The SMILES string of the molecule is C=C(C)C(=O)N1CCNC1C(F)F.CCCS(=O)(=O)O. The second-order valence-electron chi connectivity index (χ2n) is 4.30. The lowest BCUT2D eigenvalue weighted by Gasteiger charge is -2.23. The molecule has 0 aromatic rings. The number of amides is 1. The molecule has 1 heterocycles. The first-order chi connectivity index (χ1) is 9.10. The van der Waals surface area contributed by atoms with Gasteiger partial charge in [-0.2, -0.15) is 8.42 Å². The zero-order valence-electron chi connectivity index (χ0n) is 11.5. The Labute approximate surface area is 117 Å². The minimum absolute atomic E-state index is 0.132. The molecule has 2 N–H and O–H groups in total. The number of halogens is 2. The maximum atomic E-state index is 12.3. The molecular formula is C11H20F2N2O4S. The molecule has 0 aromatic heterocycles. The van der Waals surface area contributed by atoms with Gasteiger partial charge in [0, 0.05) is 18.7 Å². The van der Waals surface area contributed by atoms with Crippen LogP contribution in [0.4, 0.5) is 8.78 Å². The molecule has 9 heteroatoms. The van der Waals surface area contributed by atoms with Crippen LogP contribution >= 0.6 is 0 Å². The quantitative estimate of drug-likeness (QED) is 0.594. The van der Waals surface area contributed by atoms with Gasteiger partial charge in [0.1, 0.15) is 6.17 Å². The molecule has 1 amide bonds. The second-order valence-corrected chi connectivity index (χ2v) is 5.87. The van der Waals surface area contributed by atoms with Crippen LogP contribution in [0.3, 0.4) is 0 Å². The Hall–Kier alpha value is -1.06. The van der Waals surface area contributed by atoms with E-state index in [9.17, 15) is 22.0 Å². The molecule has 1 unspecified atom stereocenters. The van der Waals surface area contributed by atoms with Crippen molar-refractivity contribution < 1.29 is 26.5 Å². The largest absolute Gasteiger partial charge is 0.316 e. The van der Waals surface area contributed by atoms with Crippen molar-refractivity contribution in [3.63, 3.8) is 0 Å². The average molecular weight is 314 g/mol. The lowest BCUT2D eigenvalue weighted by molar-refractivity contribution is -0.131. The van der Waals surface area contributed by atoms with Crippen LogP contribution in [0.2, 0.25) is 0 Å². The summed E-state index contributed by atoms with van der Waals surface area (Å²) in [4.78, 5) is 12.4. The first-order valence-electron chi connectivity index (χ1n) is 6.03. The number of rotatable bonds is 4. The standard InChI is InChI=1S/C8H12F2N2O.C3H8O3S/c1-5(2)8(13)12-4-3-11-7(12)6(9)10;1-2-3-7(4,5)6/h6-7,11H,1,3-4H2,2H3;2-3H2,1H3,(H,4,5,6). The monoisotopic (exact) mass is 314 g/mol. The van der Waals surface area contributed by atoms with Gasteiger partial charge in [0.15, 0.2) is 0 Å². The number of alkyl halides is 2. The van der Waals surface area contributed by atoms with Crippen molar-refractivity contribution >= 4 is 16.0 Å². The van der Waals surface area contributed by atoms with E-state index in [0.717, 1.165) is 4.90 Å². The normalized spacial score (nSPS) is 18.7. The Bertz CT molecular complexity index is 440. The van der Waals surface area contributed by atoms with Crippen molar-refractivity contribution in [2.45, 2.75) is 32.9 Å². The predicted octanol–water partition coefficient (Wildman–Crippen LogP) is 0.870. The van der Waals surface area contributed by atoms with Gasteiger partial charge >= 0.3 is 0 Å². The van der Waals surface area contributed by atoms with Crippen LogP contribution in [-0.2, 0) is 14.9 Å². The lowest BCUT2D eigenvalue weighted by atomic mass is 10.3. The molecule has 1 aliphatic rings. The third-order valence-electron chi connectivity index (χ3n) is 2.37. The number of hydrogen-bond acceptors (Lipinski definition) is 4. The molecule has 1 rings (SSSR count). The van der Waals surface area contributed by atoms with E-state index in [0.29, 0.717) is 19.5 Å². The van der Waals surface area contributed by atoms with Crippen LogP contribution in [0, 0.1) is 0 Å². The summed E-state index contributed by atoms with van der Waals surface area (Å²) in [5.74, 6) is -0.539. The maximum Gasteiger partial charge on any atom is 0.271 e. The van der Waals surface area contributed by atoms with E-state index in [2.05, 4.69) is 11.9 Å². The van der Waals surface area contributed by atoms with Crippen LogP contribution in [-0.4, -0.2) is 55.2 Å². The summed E-state index contributed by atoms with van der Waals surface area (Å²) >= 11 is 0. The van der Waals surface area contributed by atoms with Crippen molar-refractivity contribution in [1.29, 1.82) is 0 Å². The van der Waals surface area contributed by atoms with Gasteiger partial charge in [-0.1, -0.05) is 13.5 Å². The summed E-state index contributed by atoms with van der Waals surface area (Å²) in [5.41, 5.74) is 0.286. The molecule has 0 aromatic carbocycles. The second kappa shape index (κ2) is 8.28. The highest BCUT2D eigenvalue weighted by molar-refractivity contribution is 7.85. The van der Waals surface area contributed by atoms with Crippen molar-refractivity contribution in [3.05, 3.63) is 12.2 Å². The number of hydrogen-bond donors (Lipinski definition) is 2. The molecule has 0 aliphatic carbocycles. The molecule has 6 nitrogen and oxygen atoms in total. The van der Waals surface area contributed by atoms with Crippen LogP contribution < -0.4 is 5.32 Å². The zero-order valence-corrected chi connectivity index (χ0v) is 12.3. The van der Waals surface area contributed by atoms with Crippen molar-refractivity contribution in [2.24, 2.45) is 0 Å². The Kier molecular flexibility index (Phi) is 7.84. The van der Waals surface area contributed by atoms with Gasteiger partial charge in [-0.25, -0.2) is 8.78 Å². The summed E-state index contributed by atoms with van der Waals surface area (Å²) in [6.07, 6.45) is -3.23.